The molecule has 1 aliphatic heterocycles. The van der Waals surface area contributed by atoms with Crippen LogP contribution in [-0.2, 0) is 14.4 Å². The zero-order valence-corrected chi connectivity index (χ0v) is 15.2. The molecule has 2 unspecified atom stereocenters. The Morgan fingerprint density at radius 2 is 1.73 bits per heavy atom. The van der Waals surface area contributed by atoms with Crippen LogP contribution in [-0.4, -0.2) is 42.3 Å². The van der Waals surface area contributed by atoms with Gasteiger partial charge in [-0.2, -0.15) is 0 Å². The van der Waals surface area contributed by atoms with Gasteiger partial charge in [-0.05, 0) is 31.9 Å². The second-order valence-electron chi connectivity index (χ2n) is 7.09. The van der Waals surface area contributed by atoms with Gasteiger partial charge in [-0.15, -0.1) is 0 Å². The number of carbonyl (C=O) groups excluding carboxylic acids is 3. The van der Waals surface area contributed by atoms with Gasteiger partial charge in [0.1, 0.15) is 12.4 Å². The number of amides is 3. The van der Waals surface area contributed by atoms with Crippen molar-refractivity contribution in [3.63, 3.8) is 0 Å². The van der Waals surface area contributed by atoms with Gasteiger partial charge in [0.2, 0.25) is 17.7 Å². The first-order chi connectivity index (χ1) is 12.6. The van der Waals surface area contributed by atoms with E-state index < -0.39 is 0 Å². The van der Waals surface area contributed by atoms with Crippen LogP contribution in [0.5, 0.6) is 5.75 Å². The van der Waals surface area contributed by atoms with Gasteiger partial charge in [0.25, 0.3) is 0 Å². The van der Waals surface area contributed by atoms with E-state index in [1.165, 1.54) is 4.90 Å². The van der Waals surface area contributed by atoms with Gasteiger partial charge >= 0.3 is 0 Å². The fourth-order valence-electron chi connectivity index (χ4n) is 3.75. The van der Waals surface area contributed by atoms with E-state index in [2.05, 4.69) is 5.32 Å². The summed E-state index contributed by atoms with van der Waals surface area (Å²) >= 11 is 0. The van der Waals surface area contributed by atoms with Crippen molar-refractivity contribution in [2.75, 3.05) is 19.7 Å². The Labute approximate surface area is 153 Å². The number of hydrogen-bond acceptors (Lipinski definition) is 4. The normalized spacial score (nSPS) is 22.3. The molecule has 1 N–H and O–H groups in total. The van der Waals surface area contributed by atoms with Gasteiger partial charge in [-0.25, -0.2) is 0 Å². The Morgan fingerprint density at radius 3 is 2.35 bits per heavy atom. The van der Waals surface area contributed by atoms with Crippen LogP contribution in [0, 0.1) is 18.8 Å². The molecule has 1 aliphatic carbocycles. The van der Waals surface area contributed by atoms with E-state index >= 15 is 0 Å². The smallest absolute Gasteiger partial charge is 0.233 e. The molecule has 26 heavy (non-hydrogen) atoms. The monoisotopic (exact) mass is 358 g/mol. The molecule has 6 nitrogen and oxygen atoms in total. The lowest BCUT2D eigenvalue weighted by molar-refractivity contribution is -0.140. The van der Waals surface area contributed by atoms with E-state index in [0.717, 1.165) is 37.0 Å². The summed E-state index contributed by atoms with van der Waals surface area (Å²) in [6.07, 6.45) is 3.76. The molecule has 0 aromatic heterocycles. The topological polar surface area (TPSA) is 75.7 Å². The highest BCUT2D eigenvalue weighted by Crippen LogP contribution is 2.37. The number of benzene rings is 1. The summed E-state index contributed by atoms with van der Waals surface area (Å²) in [6, 6.07) is 7.72. The van der Waals surface area contributed by atoms with Crippen LogP contribution in [0.1, 0.15) is 37.7 Å². The van der Waals surface area contributed by atoms with Crippen LogP contribution >= 0.6 is 0 Å². The van der Waals surface area contributed by atoms with Gasteiger partial charge < -0.3 is 10.1 Å². The second-order valence-corrected chi connectivity index (χ2v) is 7.09. The fourth-order valence-corrected chi connectivity index (χ4v) is 3.75. The zero-order chi connectivity index (χ0) is 18.5. The molecular weight excluding hydrogens is 332 g/mol. The Hall–Kier alpha value is -2.37. The number of nitrogens with zero attached hydrogens (tertiary/aromatic N) is 1. The summed E-state index contributed by atoms with van der Waals surface area (Å²) in [6.45, 7) is 2.95. The van der Waals surface area contributed by atoms with Crippen LogP contribution in [0.2, 0.25) is 0 Å². The molecule has 2 fully saturated rings. The lowest BCUT2D eigenvalue weighted by Crippen LogP contribution is -2.36. The molecule has 1 saturated heterocycles. The maximum atomic E-state index is 12.4. The number of rotatable bonds is 7. The van der Waals surface area contributed by atoms with E-state index in [1.54, 1.807) is 0 Å². The standard InChI is InChI=1S/C20H26N2O4/c1-14-6-8-15(9-7-14)26-13-11-21-18(23)10-12-22-19(24)16-4-2-3-5-17(16)20(22)25/h6-9,16-17H,2-5,10-13H2,1H3,(H,21,23). The number of nitrogens with one attached hydrogen (secondary N) is 1. The summed E-state index contributed by atoms with van der Waals surface area (Å²) in [5.41, 5.74) is 1.16. The van der Waals surface area contributed by atoms with E-state index in [-0.39, 0.29) is 42.5 Å². The number of hydrogen-bond donors (Lipinski definition) is 1. The molecule has 0 radical (unpaired) electrons. The molecule has 2 aliphatic rings. The zero-order valence-electron chi connectivity index (χ0n) is 15.2. The third-order valence-corrected chi connectivity index (χ3v) is 5.21. The molecule has 3 rings (SSSR count). The van der Waals surface area contributed by atoms with Crippen LogP contribution in [0.25, 0.3) is 0 Å². The largest absolute Gasteiger partial charge is 0.492 e. The minimum Gasteiger partial charge on any atom is -0.492 e. The second kappa shape index (κ2) is 8.34. The maximum absolute atomic E-state index is 12.4. The minimum absolute atomic E-state index is 0.0878. The molecular formula is C20H26N2O4. The van der Waals surface area contributed by atoms with Crippen LogP contribution in [0.3, 0.4) is 0 Å². The first-order valence-electron chi connectivity index (χ1n) is 9.37. The molecule has 3 amide bonds. The number of likely N-dealkylation sites (tertiary alicyclic amines) is 1. The number of aryl methyl sites for hydroxylation is 1. The Morgan fingerprint density at radius 1 is 1.12 bits per heavy atom. The van der Waals surface area contributed by atoms with Crippen molar-refractivity contribution in [2.24, 2.45) is 11.8 Å². The Bertz CT molecular complexity index is 647. The van der Waals surface area contributed by atoms with Crippen molar-refractivity contribution in [2.45, 2.75) is 39.0 Å². The molecule has 1 aromatic carbocycles. The van der Waals surface area contributed by atoms with Gasteiger partial charge in [-0.3, -0.25) is 19.3 Å². The van der Waals surface area contributed by atoms with E-state index in [4.69, 9.17) is 4.74 Å². The number of ether oxygens (including phenoxy) is 1. The quantitative estimate of drug-likeness (QED) is 0.598. The third kappa shape index (κ3) is 4.23. The highest BCUT2D eigenvalue weighted by molar-refractivity contribution is 6.05. The maximum Gasteiger partial charge on any atom is 0.233 e. The average molecular weight is 358 g/mol. The van der Waals surface area contributed by atoms with Crippen molar-refractivity contribution in [1.29, 1.82) is 0 Å². The molecule has 140 valence electrons. The summed E-state index contributed by atoms with van der Waals surface area (Å²) in [7, 11) is 0. The number of carbonyl (C=O) groups is 3. The summed E-state index contributed by atoms with van der Waals surface area (Å²) < 4.78 is 5.55. The van der Waals surface area contributed by atoms with E-state index in [1.807, 2.05) is 31.2 Å². The van der Waals surface area contributed by atoms with Gasteiger partial charge in [0.05, 0.1) is 18.4 Å². The predicted molar refractivity (Wildman–Crippen MR) is 96.5 cm³/mol. The highest BCUT2D eigenvalue weighted by atomic mass is 16.5. The Balaban J connectivity index is 1.37. The lowest BCUT2D eigenvalue weighted by Gasteiger charge is -2.19. The van der Waals surface area contributed by atoms with Crippen LogP contribution in [0.4, 0.5) is 0 Å². The van der Waals surface area contributed by atoms with Gasteiger partial charge in [0.15, 0.2) is 0 Å². The summed E-state index contributed by atoms with van der Waals surface area (Å²) in [5.74, 6) is 0.114. The molecule has 1 aromatic rings. The van der Waals surface area contributed by atoms with Crippen molar-refractivity contribution >= 4 is 17.7 Å². The molecule has 0 spiro atoms. The molecule has 6 heteroatoms. The highest BCUT2D eigenvalue weighted by Gasteiger charge is 2.47. The molecule has 2 atom stereocenters. The van der Waals surface area contributed by atoms with Gasteiger partial charge in [0, 0.05) is 13.0 Å². The minimum atomic E-state index is -0.173. The molecule has 1 saturated carbocycles. The predicted octanol–water partition coefficient (Wildman–Crippen LogP) is 2.06. The molecule has 1 heterocycles. The van der Waals surface area contributed by atoms with Gasteiger partial charge in [-0.1, -0.05) is 30.5 Å². The van der Waals surface area contributed by atoms with Crippen molar-refractivity contribution in [1.82, 2.24) is 10.2 Å². The SMILES string of the molecule is Cc1ccc(OCCNC(=O)CCN2C(=O)C3CCCCC3C2=O)cc1. The number of fused-ring (bicyclic) bond motifs is 1. The van der Waals surface area contributed by atoms with Crippen LogP contribution < -0.4 is 10.1 Å². The Kier molecular flexibility index (Phi) is 5.91. The summed E-state index contributed by atoms with van der Waals surface area (Å²) in [5, 5.41) is 2.77. The summed E-state index contributed by atoms with van der Waals surface area (Å²) in [4.78, 5) is 38.0. The van der Waals surface area contributed by atoms with Crippen molar-refractivity contribution in [3.05, 3.63) is 29.8 Å². The van der Waals surface area contributed by atoms with Crippen molar-refractivity contribution < 1.29 is 19.1 Å². The molecule has 0 bridgehead atoms. The first kappa shape index (κ1) is 18.4. The first-order valence-corrected chi connectivity index (χ1v) is 9.37. The average Bonchev–Trinajstić information content (AvgIpc) is 2.89. The fraction of sp³-hybridized carbons (Fsp3) is 0.550. The van der Waals surface area contributed by atoms with E-state index in [9.17, 15) is 14.4 Å². The third-order valence-electron chi connectivity index (χ3n) is 5.21. The lowest BCUT2D eigenvalue weighted by atomic mass is 9.81. The number of imide groups is 1. The van der Waals surface area contributed by atoms with Crippen molar-refractivity contribution in [3.8, 4) is 5.75 Å². The van der Waals surface area contributed by atoms with E-state index in [0.29, 0.717) is 13.2 Å². The van der Waals surface area contributed by atoms with Crippen LogP contribution in [0.15, 0.2) is 24.3 Å².